The second kappa shape index (κ2) is 44.0. The summed E-state index contributed by atoms with van der Waals surface area (Å²) in [7, 11) is 0. The van der Waals surface area contributed by atoms with Gasteiger partial charge in [-0.3, -0.25) is 4.79 Å². The van der Waals surface area contributed by atoms with E-state index in [1.54, 1.807) is 6.08 Å². The molecule has 54 heavy (non-hydrogen) atoms. The van der Waals surface area contributed by atoms with Crippen molar-refractivity contribution in [1.82, 2.24) is 5.32 Å². The normalized spacial score (nSPS) is 13.9. The molecule has 5 heteroatoms. The van der Waals surface area contributed by atoms with E-state index in [0.717, 1.165) is 44.9 Å². The molecule has 0 aromatic heterocycles. The van der Waals surface area contributed by atoms with Gasteiger partial charge in [-0.1, -0.05) is 210 Å². The van der Waals surface area contributed by atoms with Crippen LogP contribution in [-0.4, -0.2) is 46.1 Å². The summed E-state index contributed by atoms with van der Waals surface area (Å²) in [6.07, 6.45) is 57.3. The Hall–Kier alpha value is -1.69. The molecule has 5 nitrogen and oxygen atoms in total. The highest BCUT2D eigenvalue weighted by molar-refractivity contribution is 5.80. The molecule has 0 radical (unpaired) electrons. The molecule has 0 rings (SSSR count). The first-order valence-corrected chi connectivity index (χ1v) is 23.5. The third-order valence-electron chi connectivity index (χ3n) is 10.6. The molecule has 0 saturated carbocycles. The minimum absolute atomic E-state index is 0.383. The first-order chi connectivity index (χ1) is 26.6. The van der Waals surface area contributed by atoms with Crippen molar-refractivity contribution in [2.24, 2.45) is 0 Å². The Labute approximate surface area is 336 Å². The summed E-state index contributed by atoms with van der Waals surface area (Å²) in [5.41, 5.74) is 0. The van der Waals surface area contributed by atoms with Gasteiger partial charge in [0.1, 0.15) is 6.10 Å². The molecule has 0 heterocycles. The number of unbranched alkanes of at least 4 members (excludes halogenated alkanes) is 28. The second-order valence-electron chi connectivity index (χ2n) is 15.9. The van der Waals surface area contributed by atoms with E-state index >= 15 is 0 Å². The molecule has 0 spiro atoms. The molecule has 0 bridgehead atoms. The summed E-state index contributed by atoms with van der Waals surface area (Å²) in [4.78, 5) is 12.5. The first-order valence-electron chi connectivity index (χ1n) is 23.5. The molecule has 316 valence electrons. The van der Waals surface area contributed by atoms with Gasteiger partial charge in [0.15, 0.2) is 0 Å². The number of hydrogen-bond acceptors (Lipinski definition) is 4. The number of carbonyl (C=O) groups excluding carboxylic acids is 1. The molecule has 0 aliphatic rings. The van der Waals surface area contributed by atoms with Crippen LogP contribution >= 0.6 is 0 Å². The van der Waals surface area contributed by atoms with Gasteiger partial charge in [0.2, 0.25) is 5.91 Å². The van der Waals surface area contributed by atoms with Crippen LogP contribution in [-0.2, 0) is 4.79 Å². The fraction of sp³-hybridized carbons (Fsp3) is 0.816. The van der Waals surface area contributed by atoms with E-state index in [1.807, 2.05) is 6.08 Å². The monoisotopic (exact) mass is 758 g/mol. The van der Waals surface area contributed by atoms with Crippen LogP contribution in [0.4, 0.5) is 0 Å². The summed E-state index contributed by atoms with van der Waals surface area (Å²) >= 11 is 0. The fourth-order valence-corrected chi connectivity index (χ4v) is 6.92. The number of rotatable bonds is 42. The van der Waals surface area contributed by atoms with Crippen LogP contribution in [0.15, 0.2) is 48.6 Å². The molecule has 4 N–H and O–H groups in total. The Morgan fingerprint density at radius 3 is 1.13 bits per heavy atom. The topological polar surface area (TPSA) is 89.8 Å². The third kappa shape index (κ3) is 38.6. The third-order valence-corrected chi connectivity index (χ3v) is 10.6. The van der Waals surface area contributed by atoms with Crippen molar-refractivity contribution < 1.29 is 20.1 Å². The minimum atomic E-state index is -1.11. The van der Waals surface area contributed by atoms with Crippen LogP contribution < -0.4 is 5.32 Å². The standard InChI is InChI=1S/C49H91NO4/c1-3-5-7-9-11-13-15-17-19-20-21-22-23-24-25-26-27-28-30-32-34-36-38-40-42-44-48(53)49(54)50-46(45-51)47(52)43-41-39-37-35-33-31-29-18-16-14-12-10-8-6-4-2/h16,18,24-25,33,35,41,43,46-48,51-53H,3-15,17,19-23,26-32,34,36-40,42,44-45H2,1-2H3,(H,50,54)/b18-16+,25-24-,35-33+,43-41+. The lowest BCUT2D eigenvalue weighted by molar-refractivity contribution is -0.131. The Morgan fingerprint density at radius 2 is 0.759 bits per heavy atom. The van der Waals surface area contributed by atoms with Gasteiger partial charge in [-0.15, -0.1) is 0 Å². The number of carbonyl (C=O) groups is 1. The molecule has 3 unspecified atom stereocenters. The van der Waals surface area contributed by atoms with E-state index in [0.29, 0.717) is 6.42 Å². The quantitative estimate of drug-likeness (QED) is 0.0369. The highest BCUT2D eigenvalue weighted by Gasteiger charge is 2.22. The minimum Gasteiger partial charge on any atom is -0.394 e. The fourth-order valence-electron chi connectivity index (χ4n) is 6.92. The lowest BCUT2D eigenvalue weighted by Gasteiger charge is -2.21. The van der Waals surface area contributed by atoms with E-state index in [2.05, 4.69) is 55.6 Å². The van der Waals surface area contributed by atoms with Crippen molar-refractivity contribution in [1.29, 1.82) is 0 Å². The average Bonchev–Trinajstić information content (AvgIpc) is 3.18. The molecule has 1 amide bonds. The van der Waals surface area contributed by atoms with Crippen LogP contribution in [0.5, 0.6) is 0 Å². The van der Waals surface area contributed by atoms with Gasteiger partial charge in [-0.2, -0.15) is 0 Å². The van der Waals surface area contributed by atoms with Crippen LogP contribution in [0, 0.1) is 0 Å². The average molecular weight is 758 g/mol. The van der Waals surface area contributed by atoms with Gasteiger partial charge in [-0.05, 0) is 70.6 Å². The van der Waals surface area contributed by atoms with Gasteiger partial charge >= 0.3 is 0 Å². The lowest BCUT2D eigenvalue weighted by Crippen LogP contribution is -2.48. The highest BCUT2D eigenvalue weighted by atomic mass is 16.3. The molecular weight excluding hydrogens is 667 g/mol. The van der Waals surface area contributed by atoms with Crippen molar-refractivity contribution in [3.05, 3.63) is 48.6 Å². The van der Waals surface area contributed by atoms with Gasteiger partial charge in [-0.25, -0.2) is 0 Å². The number of allylic oxidation sites excluding steroid dienone is 7. The zero-order chi connectivity index (χ0) is 39.4. The Bertz CT molecular complexity index is 881. The Morgan fingerprint density at radius 1 is 0.444 bits per heavy atom. The van der Waals surface area contributed by atoms with Crippen molar-refractivity contribution in [2.45, 2.75) is 250 Å². The summed E-state index contributed by atoms with van der Waals surface area (Å²) in [5.74, 6) is -0.519. The van der Waals surface area contributed by atoms with Crippen LogP contribution in [0.3, 0.4) is 0 Å². The highest BCUT2D eigenvalue weighted by Crippen LogP contribution is 2.15. The summed E-state index contributed by atoms with van der Waals surface area (Å²) < 4.78 is 0. The van der Waals surface area contributed by atoms with Crippen molar-refractivity contribution in [3.8, 4) is 0 Å². The number of aliphatic hydroxyl groups is 3. The first kappa shape index (κ1) is 52.3. The van der Waals surface area contributed by atoms with Gasteiger partial charge in [0, 0.05) is 0 Å². The largest absolute Gasteiger partial charge is 0.394 e. The number of amides is 1. The summed E-state index contributed by atoms with van der Waals surface area (Å²) in [5, 5.41) is 33.1. The van der Waals surface area contributed by atoms with Crippen LogP contribution in [0.2, 0.25) is 0 Å². The molecule has 3 atom stereocenters. The van der Waals surface area contributed by atoms with Crippen LogP contribution in [0.1, 0.15) is 232 Å². The number of hydrogen-bond donors (Lipinski definition) is 4. The zero-order valence-electron chi connectivity index (χ0n) is 35.8. The predicted molar refractivity (Wildman–Crippen MR) is 236 cm³/mol. The van der Waals surface area contributed by atoms with Gasteiger partial charge in [0.25, 0.3) is 0 Å². The lowest BCUT2D eigenvalue weighted by atomic mass is 10.0. The predicted octanol–water partition coefficient (Wildman–Crippen LogP) is 13.7. The van der Waals surface area contributed by atoms with E-state index in [1.165, 1.54) is 167 Å². The van der Waals surface area contributed by atoms with Gasteiger partial charge < -0.3 is 20.6 Å². The molecule has 0 fully saturated rings. The Kier molecular flexibility index (Phi) is 42.7. The second-order valence-corrected chi connectivity index (χ2v) is 15.9. The van der Waals surface area contributed by atoms with E-state index < -0.39 is 24.2 Å². The molecule has 0 aromatic rings. The van der Waals surface area contributed by atoms with E-state index in [4.69, 9.17) is 0 Å². The number of aliphatic hydroxyl groups excluding tert-OH is 3. The Balaban J connectivity index is 3.67. The zero-order valence-corrected chi connectivity index (χ0v) is 35.8. The van der Waals surface area contributed by atoms with Crippen LogP contribution in [0.25, 0.3) is 0 Å². The maximum atomic E-state index is 12.5. The molecule has 0 aromatic carbocycles. The summed E-state index contributed by atoms with van der Waals surface area (Å²) in [6.45, 7) is 4.15. The van der Waals surface area contributed by atoms with E-state index in [-0.39, 0.29) is 6.61 Å². The maximum Gasteiger partial charge on any atom is 0.249 e. The molecule has 0 saturated heterocycles. The van der Waals surface area contributed by atoms with Gasteiger partial charge in [0.05, 0.1) is 18.8 Å². The number of nitrogens with one attached hydrogen (secondary N) is 1. The SMILES string of the molecule is CCCCCCC/C=C/CC/C=C/CC/C=C/C(O)C(CO)NC(=O)C(O)CCCCCCCCCCC/C=C\CCCCCCCCCCCCCC. The van der Waals surface area contributed by atoms with Crippen molar-refractivity contribution >= 4 is 5.91 Å². The molecule has 0 aliphatic carbocycles. The smallest absolute Gasteiger partial charge is 0.249 e. The van der Waals surface area contributed by atoms with E-state index in [9.17, 15) is 20.1 Å². The molecular formula is C49H91NO4. The summed E-state index contributed by atoms with van der Waals surface area (Å²) in [6, 6.07) is -0.822. The maximum absolute atomic E-state index is 12.5. The van der Waals surface area contributed by atoms with Crippen molar-refractivity contribution in [2.75, 3.05) is 6.61 Å². The molecule has 0 aliphatic heterocycles. The van der Waals surface area contributed by atoms with Crippen molar-refractivity contribution in [3.63, 3.8) is 0 Å².